The van der Waals surface area contributed by atoms with Gasteiger partial charge in [-0.1, -0.05) is 33.1 Å². The Morgan fingerprint density at radius 2 is 1.50 bits per heavy atom. The fourth-order valence-corrected chi connectivity index (χ4v) is 2.90. The summed E-state index contributed by atoms with van der Waals surface area (Å²) in [6.07, 6.45) is 9.24. The van der Waals surface area contributed by atoms with Crippen LogP contribution < -0.4 is 0 Å². The van der Waals surface area contributed by atoms with Gasteiger partial charge in [-0.25, -0.2) is 0 Å². The Labute approximate surface area is 76.2 Å². The lowest BCUT2D eigenvalue weighted by Crippen LogP contribution is -2.34. The molecule has 2 fully saturated rings. The van der Waals surface area contributed by atoms with Crippen LogP contribution in [0.25, 0.3) is 0 Å². The van der Waals surface area contributed by atoms with Crippen LogP contribution in [-0.2, 0) is 0 Å². The van der Waals surface area contributed by atoms with Crippen LogP contribution in [0.5, 0.6) is 0 Å². The van der Waals surface area contributed by atoms with Crippen molar-refractivity contribution < 1.29 is 5.11 Å². The molecule has 2 aliphatic rings. The molecule has 3 unspecified atom stereocenters. The van der Waals surface area contributed by atoms with Crippen LogP contribution >= 0.6 is 0 Å². The molecule has 0 spiro atoms. The van der Waals surface area contributed by atoms with E-state index in [2.05, 4.69) is 0 Å². The molecular formula is C11H22O. The van der Waals surface area contributed by atoms with Crippen molar-refractivity contribution >= 4 is 0 Å². The van der Waals surface area contributed by atoms with Crippen molar-refractivity contribution in [3.63, 3.8) is 0 Å². The van der Waals surface area contributed by atoms with Crippen LogP contribution in [0.15, 0.2) is 0 Å². The van der Waals surface area contributed by atoms with Crippen molar-refractivity contribution in [2.24, 2.45) is 11.8 Å². The Hall–Kier alpha value is -0.0400. The van der Waals surface area contributed by atoms with E-state index >= 15 is 0 Å². The zero-order chi connectivity index (χ0) is 7.68. The SMILES string of the molecule is C.OC1CCCC2CCCCC12. The molecule has 0 heterocycles. The summed E-state index contributed by atoms with van der Waals surface area (Å²) in [5, 5.41) is 9.70. The summed E-state index contributed by atoms with van der Waals surface area (Å²) in [7, 11) is 0. The summed E-state index contributed by atoms with van der Waals surface area (Å²) in [5.74, 6) is 1.56. The van der Waals surface area contributed by atoms with Crippen molar-refractivity contribution in [1.82, 2.24) is 0 Å². The van der Waals surface area contributed by atoms with Crippen LogP contribution in [0.3, 0.4) is 0 Å². The second-order valence-corrected chi connectivity index (χ2v) is 4.21. The minimum atomic E-state index is 0. The molecule has 1 N–H and O–H groups in total. The first-order valence-corrected chi connectivity index (χ1v) is 5.06. The number of hydrogen-bond acceptors (Lipinski definition) is 1. The van der Waals surface area contributed by atoms with E-state index in [0.29, 0.717) is 5.92 Å². The van der Waals surface area contributed by atoms with E-state index in [0.717, 1.165) is 12.3 Å². The maximum absolute atomic E-state index is 9.70. The Morgan fingerprint density at radius 1 is 0.833 bits per heavy atom. The Balaban J connectivity index is 0.000000720. The van der Waals surface area contributed by atoms with Crippen molar-refractivity contribution in [2.75, 3.05) is 0 Å². The normalized spacial score (nSPS) is 41.2. The van der Waals surface area contributed by atoms with Crippen LogP contribution in [0.4, 0.5) is 0 Å². The van der Waals surface area contributed by atoms with Crippen LogP contribution in [0.2, 0.25) is 0 Å². The fraction of sp³-hybridized carbons (Fsp3) is 1.00. The number of rotatable bonds is 0. The predicted molar refractivity (Wildman–Crippen MR) is 52.0 cm³/mol. The van der Waals surface area contributed by atoms with Gasteiger partial charge >= 0.3 is 0 Å². The third kappa shape index (κ3) is 1.82. The first kappa shape index (κ1) is 10.0. The summed E-state index contributed by atoms with van der Waals surface area (Å²) in [4.78, 5) is 0. The molecular weight excluding hydrogens is 148 g/mol. The third-order valence-electron chi connectivity index (χ3n) is 3.54. The zero-order valence-corrected chi connectivity index (χ0v) is 7.13. The molecule has 72 valence electrons. The van der Waals surface area contributed by atoms with Crippen molar-refractivity contribution in [3.8, 4) is 0 Å². The van der Waals surface area contributed by atoms with Crippen molar-refractivity contribution in [3.05, 3.63) is 0 Å². The van der Waals surface area contributed by atoms with E-state index in [9.17, 15) is 5.11 Å². The first-order chi connectivity index (χ1) is 5.38. The van der Waals surface area contributed by atoms with Gasteiger partial charge in [0.2, 0.25) is 0 Å². The highest BCUT2D eigenvalue weighted by atomic mass is 16.3. The number of aliphatic hydroxyl groups excluding tert-OH is 1. The van der Waals surface area contributed by atoms with Crippen molar-refractivity contribution in [2.45, 2.75) is 58.5 Å². The lowest BCUT2D eigenvalue weighted by Gasteiger charge is -2.38. The van der Waals surface area contributed by atoms with Gasteiger partial charge in [-0.3, -0.25) is 0 Å². The van der Waals surface area contributed by atoms with Gasteiger partial charge in [-0.2, -0.15) is 0 Å². The minimum Gasteiger partial charge on any atom is -0.393 e. The molecule has 0 aromatic carbocycles. The average molecular weight is 170 g/mol. The van der Waals surface area contributed by atoms with Gasteiger partial charge in [0.1, 0.15) is 0 Å². The molecule has 0 amide bonds. The van der Waals surface area contributed by atoms with Gasteiger partial charge in [0, 0.05) is 0 Å². The average Bonchev–Trinajstić information content (AvgIpc) is 2.06. The number of fused-ring (bicyclic) bond motifs is 1. The molecule has 2 saturated carbocycles. The third-order valence-corrected chi connectivity index (χ3v) is 3.54. The van der Waals surface area contributed by atoms with Gasteiger partial charge < -0.3 is 5.11 Å². The molecule has 0 aliphatic heterocycles. The summed E-state index contributed by atoms with van der Waals surface area (Å²) in [6.45, 7) is 0. The predicted octanol–water partition coefficient (Wildman–Crippen LogP) is 2.97. The Morgan fingerprint density at radius 3 is 2.25 bits per heavy atom. The van der Waals surface area contributed by atoms with Gasteiger partial charge in [0.25, 0.3) is 0 Å². The molecule has 0 radical (unpaired) electrons. The Kier molecular flexibility index (Phi) is 3.57. The molecule has 0 bridgehead atoms. The molecule has 0 aromatic heterocycles. The smallest absolute Gasteiger partial charge is 0.0571 e. The summed E-state index contributed by atoms with van der Waals surface area (Å²) < 4.78 is 0. The van der Waals surface area contributed by atoms with E-state index in [-0.39, 0.29) is 13.5 Å². The molecule has 2 aliphatic carbocycles. The molecule has 1 heteroatoms. The standard InChI is InChI=1S/C10H18O.CH4/c11-10-7-3-5-8-4-1-2-6-9(8)10;/h8-11H,1-7H2;1H4. The highest BCUT2D eigenvalue weighted by Crippen LogP contribution is 2.40. The fourth-order valence-electron chi connectivity index (χ4n) is 2.90. The molecule has 2 rings (SSSR count). The lowest BCUT2D eigenvalue weighted by molar-refractivity contribution is 0.0105. The molecule has 0 saturated heterocycles. The maximum Gasteiger partial charge on any atom is 0.0571 e. The molecule has 1 nitrogen and oxygen atoms in total. The van der Waals surface area contributed by atoms with Crippen LogP contribution in [-0.4, -0.2) is 11.2 Å². The van der Waals surface area contributed by atoms with Gasteiger partial charge in [-0.15, -0.1) is 0 Å². The van der Waals surface area contributed by atoms with Crippen molar-refractivity contribution in [1.29, 1.82) is 0 Å². The van der Waals surface area contributed by atoms with Crippen LogP contribution in [0.1, 0.15) is 52.4 Å². The van der Waals surface area contributed by atoms with Gasteiger partial charge in [-0.05, 0) is 31.1 Å². The highest BCUT2D eigenvalue weighted by molar-refractivity contribution is 4.84. The Bertz CT molecular complexity index is 131. The second kappa shape index (κ2) is 4.27. The zero-order valence-electron chi connectivity index (χ0n) is 7.13. The monoisotopic (exact) mass is 170 g/mol. The minimum absolute atomic E-state index is 0. The number of hydrogen-bond donors (Lipinski definition) is 1. The largest absolute Gasteiger partial charge is 0.393 e. The highest BCUT2D eigenvalue weighted by Gasteiger charge is 2.33. The number of aliphatic hydroxyl groups is 1. The summed E-state index contributed by atoms with van der Waals surface area (Å²) >= 11 is 0. The quantitative estimate of drug-likeness (QED) is 0.592. The molecule has 0 aromatic rings. The van der Waals surface area contributed by atoms with E-state index in [4.69, 9.17) is 0 Å². The topological polar surface area (TPSA) is 20.2 Å². The van der Waals surface area contributed by atoms with E-state index in [1.54, 1.807) is 0 Å². The van der Waals surface area contributed by atoms with Crippen LogP contribution in [0, 0.1) is 11.8 Å². The van der Waals surface area contributed by atoms with E-state index in [1.807, 2.05) is 0 Å². The summed E-state index contributed by atoms with van der Waals surface area (Å²) in [5.41, 5.74) is 0. The lowest BCUT2D eigenvalue weighted by atomic mass is 9.69. The van der Waals surface area contributed by atoms with Gasteiger partial charge in [0.05, 0.1) is 6.10 Å². The van der Waals surface area contributed by atoms with E-state index < -0.39 is 0 Å². The van der Waals surface area contributed by atoms with E-state index in [1.165, 1.54) is 38.5 Å². The molecule has 3 atom stereocenters. The summed E-state index contributed by atoms with van der Waals surface area (Å²) in [6, 6.07) is 0. The molecule has 12 heavy (non-hydrogen) atoms. The second-order valence-electron chi connectivity index (χ2n) is 4.21. The first-order valence-electron chi connectivity index (χ1n) is 5.06. The van der Waals surface area contributed by atoms with Gasteiger partial charge in [0.15, 0.2) is 0 Å². The maximum atomic E-state index is 9.70.